The predicted octanol–water partition coefficient (Wildman–Crippen LogP) is 5.99. The molecule has 0 radical (unpaired) electrons. The lowest BCUT2D eigenvalue weighted by atomic mass is 10.0. The lowest BCUT2D eigenvalue weighted by Crippen LogP contribution is -2.22. The van der Waals surface area contributed by atoms with E-state index in [2.05, 4.69) is 95.8 Å². The third-order valence-corrected chi connectivity index (χ3v) is 5.54. The van der Waals surface area contributed by atoms with E-state index < -0.39 is 0 Å². The van der Waals surface area contributed by atoms with Gasteiger partial charge in [-0.05, 0) is 68.0 Å². The molecule has 0 atom stereocenters. The smallest absolute Gasteiger partial charge is 0.0443 e. The Labute approximate surface area is 163 Å². The number of anilines is 2. The number of nitrogens with zero attached hydrogens (tertiary/aromatic N) is 2. The normalized spacial score (nSPS) is 15.7. The van der Waals surface area contributed by atoms with Crippen molar-refractivity contribution in [2.75, 3.05) is 18.0 Å². The van der Waals surface area contributed by atoms with Crippen LogP contribution < -0.4 is 4.90 Å². The summed E-state index contributed by atoms with van der Waals surface area (Å²) in [6.45, 7) is 4.31. The molecule has 2 heteroatoms. The topological polar surface area (TPSA) is 6.48 Å². The average molecular weight is 357 g/mol. The van der Waals surface area contributed by atoms with Crippen molar-refractivity contribution < 1.29 is 0 Å². The van der Waals surface area contributed by atoms with Crippen molar-refractivity contribution in [1.29, 1.82) is 0 Å². The van der Waals surface area contributed by atoms with E-state index in [4.69, 9.17) is 0 Å². The van der Waals surface area contributed by atoms with Gasteiger partial charge in [-0.2, -0.15) is 0 Å². The van der Waals surface area contributed by atoms with Gasteiger partial charge in [-0.3, -0.25) is 0 Å². The summed E-state index contributed by atoms with van der Waals surface area (Å²) >= 11 is 0. The Morgan fingerprint density at radius 3 is 2.07 bits per heavy atom. The Kier molecular flexibility index (Phi) is 5.43. The van der Waals surface area contributed by atoms with Gasteiger partial charge in [0, 0.05) is 36.4 Å². The summed E-state index contributed by atoms with van der Waals surface area (Å²) in [5, 5.41) is 0. The van der Waals surface area contributed by atoms with Crippen LogP contribution in [0.25, 0.3) is 0 Å². The summed E-state index contributed by atoms with van der Waals surface area (Å²) in [7, 11) is 0. The first-order chi connectivity index (χ1) is 13.3. The van der Waals surface area contributed by atoms with E-state index in [0.29, 0.717) is 0 Å². The summed E-state index contributed by atoms with van der Waals surface area (Å²) in [5.41, 5.74) is 7.02. The second-order valence-electron chi connectivity index (χ2n) is 7.34. The molecule has 2 nitrogen and oxygen atoms in total. The summed E-state index contributed by atoms with van der Waals surface area (Å²) in [4.78, 5) is 4.89. The van der Waals surface area contributed by atoms with Crippen LogP contribution in [0.15, 0.2) is 84.7 Å². The zero-order chi connectivity index (χ0) is 18.5. The highest BCUT2D eigenvalue weighted by molar-refractivity contribution is 5.71. The van der Waals surface area contributed by atoms with Gasteiger partial charge in [0.05, 0.1) is 0 Å². The molecular formula is C25H28N2. The zero-order valence-corrected chi connectivity index (χ0v) is 16.1. The van der Waals surface area contributed by atoms with Gasteiger partial charge in [-0.1, -0.05) is 48.6 Å². The molecule has 2 heterocycles. The van der Waals surface area contributed by atoms with E-state index in [0.717, 1.165) is 25.9 Å². The van der Waals surface area contributed by atoms with Gasteiger partial charge < -0.3 is 9.80 Å². The molecule has 0 N–H and O–H groups in total. The number of fused-ring (bicyclic) bond motifs is 2. The Hall–Kier alpha value is -2.74. The first-order valence-electron chi connectivity index (χ1n) is 10.0. The van der Waals surface area contributed by atoms with Crippen molar-refractivity contribution in [3.05, 3.63) is 95.9 Å². The zero-order valence-electron chi connectivity index (χ0n) is 16.1. The van der Waals surface area contributed by atoms with Crippen molar-refractivity contribution in [2.45, 2.75) is 32.6 Å². The van der Waals surface area contributed by atoms with Crippen LogP contribution in [0.1, 0.15) is 30.9 Å². The maximum Gasteiger partial charge on any atom is 0.0443 e. The molecule has 2 aromatic rings. The van der Waals surface area contributed by atoms with Crippen LogP contribution in [0, 0.1) is 0 Å². The van der Waals surface area contributed by atoms with Gasteiger partial charge in [0.25, 0.3) is 0 Å². The van der Waals surface area contributed by atoms with Crippen molar-refractivity contribution in [2.24, 2.45) is 0 Å². The standard InChI is InChI=1S/C25H28N2/c1-21-11-3-2-8-18-26(21)19-9-10-20-27-24-14-6-4-12-22(24)16-17-23-13-5-7-15-25(23)27/h2-8,11-15,18H,9-10,16-17,19-20H2,1H3. The van der Waals surface area contributed by atoms with Gasteiger partial charge in [-0.15, -0.1) is 0 Å². The first kappa shape index (κ1) is 17.7. The molecule has 0 spiro atoms. The average Bonchev–Trinajstić information content (AvgIpc) is 3.00. The maximum absolute atomic E-state index is 2.54. The Balaban J connectivity index is 1.47. The van der Waals surface area contributed by atoms with Crippen LogP contribution in [-0.4, -0.2) is 18.0 Å². The first-order valence-corrected chi connectivity index (χ1v) is 10.0. The third kappa shape index (κ3) is 4.00. The molecular weight excluding hydrogens is 328 g/mol. The molecule has 2 aliphatic heterocycles. The molecule has 0 saturated carbocycles. The van der Waals surface area contributed by atoms with Crippen LogP contribution >= 0.6 is 0 Å². The van der Waals surface area contributed by atoms with Crippen LogP contribution in [0.5, 0.6) is 0 Å². The van der Waals surface area contributed by atoms with Gasteiger partial charge in [0.1, 0.15) is 0 Å². The highest BCUT2D eigenvalue weighted by Gasteiger charge is 2.19. The molecule has 2 aromatic carbocycles. The molecule has 0 fully saturated rings. The lowest BCUT2D eigenvalue weighted by Gasteiger charge is -2.27. The molecule has 2 aliphatic rings. The predicted molar refractivity (Wildman–Crippen MR) is 115 cm³/mol. The van der Waals surface area contributed by atoms with E-state index >= 15 is 0 Å². The Bertz CT molecular complexity index is 828. The van der Waals surface area contributed by atoms with Crippen LogP contribution in [0.2, 0.25) is 0 Å². The molecule has 0 aliphatic carbocycles. The monoisotopic (exact) mass is 356 g/mol. The summed E-state index contributed by atoms with van der Waals surface area (Å²) in [6.07, 6.45) is 15.3. The summed E-state index contributed by atoms with van der Waals surface area (Å²) in [5.74, 6) is 0. The number of allylic oxidation sites excluding steroid dienone is 5. The molecule has 0 aromatic heterocycles. The van der Waals surface area contributed by atoms with Crippen LogP contribution in [0.4, 0.5) is 11.4 Å². The fourth-order valence-electron chi connectivity index (χ4n) is 4.04. The highest BCUT2D eigenvalue weighted by Crippen LogP contribution is 2.36. The van der Waals surface area contributed by atoms with Gasteiger partial charge in [0.15, 0.2) is 0 Å². The molecule has 0 bridgehead atoms. The highest BCUT2D eigenvalue weighted by atomic mass is 15.1. The third-order valence-electron chi connectivity index (χ3n) is 5.54. The van der Waals surface area contributed by atoms with Crippen molar-refractivity contribution in [3.8, 4) is 0 Å². The minimum Gasteiger partial charge on any atom is -0.352 e. The van der Waals surface area contributed by atoms with E-state index in [1.54, 1.807) is 0 Å². The number of hydrogen-bond acceptors (Lipinski definition) is 2. The molecule has 0 amide bonds. The van der Waals surface area contributed by atoms with Crippen LogP contribution in [0.3, 0.4) is 0 Å². The number of aryl methyl sites for hydroxylation is 2. The fourth-order valence-corrected chi connectivity index (χ4v) is 4.04. The minimum atomic E-state index is 1.06. The van der Waals surface area contributed by atoms with E-state index in [1.165, 1.54) is 41.0 Å². The number of unbranched alkanes of at least 4 members (excludes halogenated alkanes) is 1. The molecule has 0 saturated heterocycles. The number of benzene rings is 2. The second-order valence-corrected chi connectivity index (χ2v) is 7.34. The number of hydrogen-bond donors (Lipinski definition) is 0. The Morgan fingerprint density at radius 2 is 1.37 bits per heavy atom. The van der Waals surface area contributed by atoms with Crippen molar-refractivity contribution in [1.82, 2.24) is 4.90 Å². The maximum atomic E-state index is 2.54. The quantitative estimate of drug-likeness (QED) is 0.607. The molecule has 138 valence electrons. The van der Waals surface area contributed by atoms with Gasteiger partial charge in [-0.25, -0.2) is 0 Å². The second kappa shape index (κ2) is 8.30. The SMILES string of the molecule is CC1=CC=CC=CN1CCCCN1c2ccccc2CCc2ccccc21. The largest absolute Gasteiger partial charge is 0.352 e. The summed E-state index contributed by atoms with van der Waals surface area (Å²) in [6, 6.07) is 17.8. The van der Waals surface area contributed by atoms with Crippen molar-refractivity contribution >= 4 is 11.4 Å². The Morgan fingerprint density at radius 1 is 0.741 bits per heavy atom. The molecule has 0 unspecified atom stereocenters. The fraction of sp³-hybridized carbons (Fsp3) is 0.280. The van der Waals surface area contributed by atoms with Crippen molar-refractivity contribution in [3.63, 3.8) is 0 Å². The summed E-state index contributed by atoms with van der Waals surface area (Å²) < 4.78 is 0. The van der Waals surface area contributed by atoms with E-state index in [1.807, 2.05) is 0 Å². The lowest BCUT2D eigenvalue weighted by molar-refractivity contribution is 0.446. The van der Waals surface area contributed by atoms with Gasteiger partial charge >= 0.3 is 0 Å². The number of rotatable bonds is 5. The van der Waals surface area contributed by atoms with Crippen LogP contribution in [-0.2, 0) is 12.8 Å². The molecule has 27 heavy (non-hydrogen) atoms. The van der Waals surface area contributed by atoms with E-state index in [-0.39, 0.29) is 0 Å². The number of para-hydroxylation sites is 2. The van der Waals surface area contributed by atoms with E-state index in [9.17, 15) is 0 Å². The molecule has 4 rings (SSSR count). The van der Waals surface area contributed by atoms with Gasteiger partial charge in [0.2, 0.25) is 0 Å². The minimum absolute atomic E-state index is 1.06.